The highest BCUT2D eigenvalue weighted by Crippen LogP contribution is 2.17. The Bertz CT molecular complexity index is 458. The third-order valence-electron chi connectivity index (χ3n) is 2.58. The van der Waals surface area contributed by atoms with Crippen molar-refractivity contribution in [2.24, 2.45) is 0 Å². The third kappa shape index (κ3) is 2.96. The summed E-state index contributed by atoms with van der Waals surface area (Å²) in [5.41, 5.74) is 2.05. The molecule has 0 saturated heterocycles. The van der Waals surface area contributed by atoms with Crippen LogP contribution >= 0.6 is 24.2 Å². The van der Waals surface area contributed by atoms with Crippen LogP contribution in [-0.2, 0) is 6.54 Å². The highest BCUT2D eigenvalue weighted by Gasteiger charge is 2.21. The number of hydrogen-bond acceptors (Lipinski definition) is 2. The van der Waals surface area contributed by atoms with Crippen LogP contribution in [0.4, 0.5) is 4.79 Å². The van der Waals surface area contributed by atoms with Crippen molar-refractivity contribution in [3.05, 3.63) is 46.6 Å². The molecule has 0 fully saturated rings. The van der Waals surface area contributed by atoms with Crippen molar-refractivity contribution in [2.45, 2.75) is 18.8 Å². The highest BCUT2D eigenvalue weighted by molar-refractivity contribution is 7.81. The van der Waals surface area contributed by atoms with Crippen molar-refractivity contribution in [2.75, 3.05) is 0 Å². The topological polar surface area (TPSA) is 32.3 Å². The Morgan fingerprint density at radius 3 is 2.71 bits per heavy atom. The normalized spacial score (nSPS) is 19.9. The second kappa shape index (κ2) is 5.02. The molecule has 5 heteroatoms. The van der Waals surface area contributed by atoms with Gasteiger partial charge in [-0.15, -0.1) is 0 Å². The fraction of sp³-hybridized carbons (Fsp3) is 0.250. The molecule has 3 nitrogen and oxygen atoms in total. The lowest BCUT2D eigenvalue weighted by Gasteiger charge is -2.28. The summed E-state index contributed by atoms with van der Waals surface area (Å²) in [4.78, 5) is 13.3. The molecule has 0 saturated carbocycles. The van der Waals surface area contributed by atoms with Crippen molar-refractivity contribution in [1.29, 1.82) is 0 Å². The smallest absolute Gasteiger partial charge is 0.322 e. The first kappa shape index (κ1) is 12.3. The lowest BCUT2D eigenvalue weighted by molar-refractivity contribution is 0.210. The zero-order valence-electron chi connectivity index (χ0n) is 9.35. The summed E-state index contributed by atoms with van der Waals surface area (Å²) in [5, 5.41) is 3.27. The van der Waals surface area contributed by atoms with Crippen molar-refractivity contribution in [3.8, 4) is 0 Å². The van der Waals surface area contributed by atoms with Gasteiger partial charge in [-0.05, 0) is 30.2 Å². The molecule has 1 aliphatic rings. The summed E-state index contributed by atoms with van der Waals surface area (Å²) in [7, 11) is 0. The maximum Gasteiger partial charge on any atom is 0.322 e. The second-order valence-electron chi connectivity index (χ2n) is 3.98. The largest absolute Gasteiger partial charge is 0.322 e. The van der Waals surface area contributed by atoms with Gasteiger partial charge in [0, 0.05) is 11.2 Å². The zero-order valence-corrected chi connectivity index (χ0v) is 11.0. The van der Waals surface area contributed by atoms with E-state index < -0.39 is 0 Å². The zero-order chi connectivity index (χ0) is 12.4. The number of amides is 2. The number of urea groups is 1. The van der Waals surface area contributed by atoms with E-state index in [1.807, 2.05) is 37.4 Å². The Hall–Kier alpha value is -1.13. The molecule has 2 amide bonds. The van der Waals surface area contributed by atoms with Crippen LogP contribution in [0.15, 0.2) is 36.0 Å². The predicted octanol–water partition coefficient (Wildman–Crippen LogP) is 3.02. The van der Waals surface area contributed by atoms with Gasteiger partial charge in [0.05, 0.1) is 11.9 Å². The van der Waals surface area contributed by atoms with E-state index in [1.165, 1.54) is 0 Å². The molecule has 1 heterocycles. The van der Waals surface area contributed by atoms with Crippen LogP contribution in [0.1, 0.15) is 12.5 Å². The van der Waals surface area contributed by atoms with Gasteiger partial charge in [0.15, 0.2) is 0 Å². The first-order chi connectivity index (χ1) is 8.06. The number of benzene rings is 1. The van der Waals surface area contributed by atoms with Gasteiger partial charge in [-0.25, -0.2) is 4.79 Å². The summed E-state index contributed by atoms with van der Waals surface area (Å²) in [6, 6.07) is 7.32. The summed E-state index contributed by atoms with van der Waals surface area (Å²) < 4.78 is 0. The van der Waals surface area contributed by atoms with Crippen molar-refractivity contribution in [1.82, 2.24) is 10.2 Å². The van der Waals surface area contributed by atoms with E-state index in [0.717, 1.165) is 11.1 Å². The number of carbonyl (C=O) groups excluding carboxylic acids is 1. The fourth-order valence-electron chi connectivity index (χ4n) is 1.59. The predicted molar refractivity (Wildman–Crippen MR) is 72.1 cm³/mol. The molecule has 1 aromatic carbocycles. The van der Waals surface area contributed by atoms with E-state index in [-0.39, 0.29) is 11.4 Å². The average molecular weight is 269 g/mol. The second-order valence-corrected chi connectivity index (χ2v) is 4.93. The molecule has 2 rings (SSSR count). The molecule has 0 bridgehead atoms. The van der Waals surface area contributed by atoms with E-state index >= 15 is 0 Å². The first-order valence-electron chi connectivity index (χ1n) is 5.24. The lowest BCUT2D eigenvalue weighted by atomic mass is 10.2. The number of nitrogens with one attached hydrogen (secondary N) is 1. The minimum atomic E-state index is -0.191. The van der Waals surface area contributed by atoms with Crippen LogP contribution < -0.4 is 5.32 Å². The standard InChI is InChI=1S/C12H13ClN2OS/c1-8-6-15(12(16)14-11(8)17)7-9-2-4-10(13)5-3-9/h2-6,11,17H,7H2,1H3,(H,14,16). The van der Waals surface area contributed by atoms with E-state index in [1.54, 1.807) is 4.90 Å². The molecule has 1 unspecified atom stereocenters. The third-order valence-corrected chi connectivity index (χ3v) is 3.37. The van der Waals surface area contributed by atoms with E-state index in [9.17, 15) is 4.79 Å². The Labute approximate surface area is 111 Å². The summed E-state index contributed by atoms with van der Waals surface area (Å²) in [5.74, 6) is 0. The minimum Gasteiger partial charge on any atom is -0.322 e. The monoisotopic (exact) mass is 268 g/mol. The number of nitrogens with zero attached hydrogens (tertiary/aromatic N) is 1. The van der Waals surface area contributed by atoms with Gasteiger partial charge in [0.2, 0.25) is 0 Å². The van der Waals surface area contributed by atoms with Gasteiger partial charge in [-0.1, -0.05) is 23.7 Å². The van der Waals surface area contributed by atoms with Gasteiger partial charge in [0.25, 0.3) is 0 Å². The lowest BCUT2D eigenvalue weighted by Crippen LogP contribution is -2.44. The molecule has 0 aromatic heterocycles. The number of halogens is 1. The average Bonchev–Trinajstić information content (AvgIpc) is 2.29. The number of thiol groups is 1. The highest BCUT2D eigenvalue weighted by atomic mass is 35.5. The van der Waals surface area contributed by atoms with E-state index in [4.69, 9.17) is 11.6 Å². The molecule has 90 valence electrons. The molecule has 1 atom stereocenters. The van der Waals surface area contributed by atoms with Gasteiger partial charge in [0.1, 0.15) is 0 Å². The minimum absolute atomic E-state index is 0.134. The molecule has 1 aromatic rings. The molecule has 1 N–H and O–H groups in total. The SMILES string of the molecule is CC1=CN(Cc2ccc(Cl)cc2)C(=O)NC1S. The Morgan fingerprint density at radius 2 is 2.06 bits per heavy atom. The van der Waals surface area contributed by atoms with Gasteiger partial charge >= 0.3 is 6.03 Å². The fourth-order valence-corrected chi connectivity index (χ4v) is 1.90. The Kier molecular flexibility index (Phi) is 3.64. The molecule has 0 aliphatic carbocycles. The molecular weight excluding hydrogens is 256 g/mol. The van der Waals surface area contributed by atoms with Crippen molar-refractivity contribution >= 4 is 30.3 Å². The van der Waals surface area contributed by atoms with Gasteiger partial charge < -0.3 is 5.32 Å². The van der Waals surface area contributed by atoms with Crippen LogP contribution in [0.2, 0.25) is 5.02 Å². The molecule has 1 aliphatic heterocycles. The van der Waals surface area contributed by atoms with Crippen LogP contribution in [0, 0.1) is 0 Å². The Balaban J connectivity index is 2.13. The Morgan fingerprint density at radius 1 is 1.41 bits per heavy atom. The summed E-state index contributed by atoms with van der Waals surface area (Å²) in [6.45, 7) is 2.47. The van der Waals surface area contributed by atoms with E-state index in [2.05, 4.69) is 17.9 Å². The molecular formula is C12H13ClN2OS. The molecule has 17 heavy (non-hydrogen) atoms. The van der Waals surface area contributed by atoms with Gasteiger partial charge in [-0.2, -0.15) is 12.6 Å². The van der Waals surface area contributed by atoms with Gasteiger partial charge in [-0.3, -0.25) is 4.90 Å². The summed E-state index contributed by atoms with van der Waals surface area (Å²) in [6.07, 6.45) is 1.82. The van der Waals surface area contributed by atoms with Crippen molar-refractivity contribution in [3.63, 3.8) is 0 Å². The number of rotatable bonds is 2. The first-order valence-corrected chi connectivity index (χ1v) is 6.13. The summed E-state index contributed by atoms with van der Waals surface area (Å²) >= 11 is 10.1. The molecule has 0 spiro atoms. The molecule has 0 radical (unpaired) electrons. The van der Waals surface area contributed by atoms with Crippen LogP contribution in [-0.4, -0.2) is 16.3 Å². The maximum atomic E-state index is 11.7. The van der Waals surface area contributed by atoms with Crippen LogP contribution in [0.25, 0.3) is 0 Å². The number of hydrogen-bond donors (Lipinski definition) is 2. The maximum absolute atomic E-state index is 11.7. The quantitative estimate of drug-likeness (QED) is 0.794. The number of carbonyl (C=O) groups is 1. The van der Waals surface area contributed by atoms with Crippen molar-refractivity contribution < 1.29 is 4.79 Å². The van der Waals surface area contributed by atoms with Crippen LogP contribution in [0.5, 0.6) is 0 Å². The van der Waals surface area contributed by atoms with Crippen LogP contribution in [0.3, 0.4) is 0 Å². The van der Waals surface area contributed by atoms with E-state index in [0.29, 0.717) is 11.6 Å².